The molecule has 0 radical (unpaired) electrons. The van der Waals surface area contributed by atoms with Gasteiger partial charge >= 0.3 is 0 Å². The molecule has 0 saturated heterocycles. The third-order valence-electron chi connectivity index (χ3n) is 3.93. The van der Waals surface area contributed by atoms with Crippen molar-refractivity contribution in [1.29, 1.82) is 0 Å². The van der Waals surface area contributed by atoms with Crippen molar-refractivity contribution in [2.75, 3.05) is 18.0 Å². The Kier molecular flexibility index (Phi) is 3.25. The van der Waals surface area contributed by atoms with Crippen LogP contribution in [0, 0.1) is 11.8 Å². The van der Waals surface area contributed by atoms with Gasteiger partial charge in [-0.15, -0.1) is 0 Å². The normalized spacial score (nSPS) is 20.8. The first-order valence-corrected chi connectivity index (χ1v) is 7.11. The second kappa shape index (κ2) is 4.88. The predicted molar refractivity (Wildman–Crippen MR) is 72.5 cm³/mol. The SMILES string of the molecule is C[C@@H](O)c1ccc(N(CC2CC2)CC2CC2)nc1. The van der Waals surface area contributed by atoms with Crippen LogP contribution in [0.2, 0.25) is 0 Å². The molecule has 1 N–H and O–H groups in total. The number of hydrogen-bond acceptors (Lipinski definition) is 3. The van der Waals surface area contributed by atoms with Crippen LogP contribution in [0.1, 0.15) is 44.3 Å². The smallest absolute Gasteiger partial charge is 0.128 e. The Morgan fingerprint density at radius 2 is 1.83 bits per heavy atom. The maximum Gasteiger partial charge on any atom is 0.128 e. The van der Waals surface area contributed by atoms with Gasteiger partial charge < -0.3 is 10.0 Å². The van der Waals surface area contributed by atoms with Gasteiger partial charge in [-0.05, 0) is 56.1 Å². The molecule has 0 unspecified atom stereocenters. The molecule has 3 rings (SSSR count). The van der Waals surface area contributed by atoms with E-state index in [-0.39, 0.29) is 0 Å². The lowest BCUT2D eigenvalue weighted by molar-refractivity contribution is 0.199. The van der Waals surface area contributed by atoms with Gasteiger partial charge in [-0.2, -0.15) is 0 Å². The first-order valence-electron chi connectivity index (χ1n) is 7.11. The van der Waals surface area contributed by atoms with Gasteiger partial charge in [-0.3, -0.25) is 0 Å². The summed E-state index contributed by atoms with van der Waals surface area (Å²) in [4.78, 5) is 6.97. The third kappa shape index (κ3) is 3.02. The topological polar surface area (TPSA) is 36.4 Å². The van der Waals surface area contributed by atoms with E-state index in [0.717, 1.165) is 36.3 Å². The summed E-state index contributed by atoms with van der Waals surface area (Å²) in [5.41, 5.74) is 0.900. The van der Waals surface area contributed by atoms with Crippen molar-refractivity contribution in [3.63, 3.8) is 0 Å². The van der Waals surface area contributed by atoms with Gasteiger partial charge in [0, 0.05) is 19.3 Å². The molecule has 1 atom stereocenters. The van der Waals surface area contributed by atoms with Crippen molar-refractivity contribution in [2.45, 2.75) is 38.7 Å². The molecule has 1 heterocycles. The van der Waals surface area contributed by atoms with Crippen molar-refractivity contribution >= 4 is 5.82 Å². The van der Waals surface area contributed by atoms with Crippen LogP contribution < -0.4 is 4.90 Å². The molecule has 2 aliphatic carbocycles. The van der Waals surface area contributed by atoms with Crippen molar-refractivity contribution < 1.29 is 5.11 Å². The molecule has 0 bridgehead atoms. The minimum Gasteiger partial charge on any atom is -0.389 e. The van der Waals surface area contributed by atoms with E-state index < -0.39 is 6.10 Å². The number of aliphatic hydroxyl groups excluding tert-OH is 1. The van der Waals surface area contributed by atoms with Gasteiger partial charge in [0.05, 0.1) is 6.10 Å². The summed E-state index contributed by atoms with van der Waals surface area (Å²) in [5, 5.41) is 9.51. The minimum atomic E-state index is -0.424. The minimum absolute atomic E-state index is 0.424. The predicted octanol–water partition coefficient (Wildman–Crippen LogP) is 2.76. The van der Waals surface area contributed by atoms with Crippen LogP contribution in [-0.2, 0) is 0 Å². The Hall–Kier alpha value is -1.09. The maximum atomic E-state index is 9.51. The van der Waals surface area contributed by atoms with E-state index in [1.807, 2.05) is 12.3 Å². The molecule has 2 saturated carbocycles. The van der Waals surface area contributed by atoms with Gasteiger partial charge in [-0.1, -0.05) is 6.07 Å². The molecule has 3 nitrogen and oxygen atoms in total. The summed E-state index contributed by atoms with van der Waals surface area (Å²) in [6.45, 7) is 4.11. The molecule has 1 aromatic heterocycles. The average Bonchev–Trinajstić information content (AvgIpc) is 3.23. The highest BCUT2D eigenvalue weighted by atomic mass is 16.3. The van der Waals surface area contributed by atoms with Crippen LogP contribution in [0.25, 0.3) is 0 Å². The highest BCUT2D eigenvalue weighted by Crippen LogP contribution is 2.35. The van der Waals surface area contributed by atoms with Crippen LogP contribution >= 0.6 is 0 Å². The molecule has 3 heteroatoms. The molecule has 0 spiro atoms. The molecule has 18 heavy (non-hydrogen) atoms. The zero-order chi connectivity index (χ0) is 12.5. The van der Waals surface area contributed by atoms with Crippen LogP contribution in [0.4, 0.5) is 5.82 Å². The van der Waals surface area contributed by atoms with Crippen molar-refractivity contribution in [3.05, 3.63) is 23.9 Å². The highest BCUT2D eigenvalue weighted by molar-refractivity contribution is 5.40. The largest absolute Gasteiger partial charge is 0.389 e. The maximum absolute atomic E-state index is 9.51. The zero-order valence-electron chi connectivity index (χ0n) is 11.0. The Balaban J connectivity index is 1.70. The second-order valence-corrected chi connectivity index (χ2v) is 5.92. The number of rotatable bonds is 6. The summed E-state index contributed by atoms with van der Waals surface area (Å²) >= 11 is 0. The van der Waals surface area contributed by atoms with E-state index >= 15 is 0 Å². The van der Waals surface area contributed by atoms with E-state index in [1.165, 1.54) is 25.7 Å². The highest BCUT2D eigenvalue weighted by Gasteiger charge is 2.29. The van der Waals surface area contributed by atoms with Gasteiger partial charge in [0.15, 0.2) is 0 Å². The molecule has 1 aromatic rings. The van der Waals surface area contributed by atoms with E-state index in [2.05, 4.69) is 16.0 Å². The first kappa shape index (κ1) is 12.0. The van der Waals surface area contributed by atoms with E-state index in [0.29, 0.717) is 0 Å². The first-order chi connectivity index (χ1) is 8.72. The van der Waals surface area contributed by atoms with Crippen LogP contribution in [0.5, 0.6) is 0 Å². The molecular formula is C15H22N2O. The summed E-state index contributed by atoms with van der Waals surface area (Å²) in [7, 11) is 0. The lowest BCUT2D eigenvalue weighted by Gasteiger charge is -2.24. The Labute approximate surface area is 109 Å². The summed E-state index contributed by atoms with van der Waals surface area (Å²) in [6.07, 6.45) is 6.92. The van der Waals surface area contributed by atoms with Crippen molar-refractivity contribution in [3.8, 4) is 0 Å². The molecule has 2 fully saturated rings. The third-order valence-corrected chi connectivity index (χ3v) is 3.93. The van der Waals surface area contributed by atoms with Gasteiger partial charge in [0.1, 0.15) is 5.82 Å². The standard InChI is InChI=1S/C15H22N2O/c1-11(18)14-6-7-15(16-8-14)17(9-12-2-3-12)10-13-4-5-13/h6-8,11-13,18H,2-5,9-10H2,1H3/t11-/m1/s1. The summed E-state index contributed by atoms with van der Waals surface area (Å²) in [6, 6.07) is 4.06. The van der Waals surface area contributed by atoms with Crippen LogP contribution in [-0.4, -0.2) is 23.2 Å². The summed E-state index contributed by atoms with van der Waals surface area (Å²) < 4.78 is 0. The molecular weight excluding hydrogens is 224 g/mol. The lowest BCUT2D eigenvalue weighted by Crippen LogP contribution is -2.28. The monoisotopic (exact) mass is 246 g/mol. The second-order valence-electron chi connectivity index (χ2n) is 5.92. The fraction of sp³-hybridized carbons (Fsp3) is 0.667. The molecule has 0 aliphatic heterocycles. The van der Waals surface area contributed by atoms with Crippen molar-refractivity contribution in [1.82, 2.24) is 4.98 Å². The number of aromatic nitrogens is 1. The summed E-state index contributed by atoms with van der Waals surface area (Å²) in [5.74, 6) is 2.86. The molecule has 2 aliphatic rings. The van der Waals surface area contributed by atoms with Gasteiger partial charge in [-0.25, -0.2) is 4.98 Å². The quantitative estimate of drug-likeness (QED) is 0.838. The van der Waals surface area contributed by atoms with E-state index in [1.54, 1.807) is 6.92 Å². The number of hydrogen-bond donors (Lipinski definition) is 1. The molecule has 98 valence electrons. The average molecular weight is 246 g/mol. The number of aliphatic hydroxyl groups is 1. The van der Waals surface area contributed by atoms with Crippen LogP contribution in [0.3, 0.4) is 0 Å². The Morgan fingerprint density at radius 3 is 2.22 bits per heavy atom. The van der Waals surface area contributed by atoms with E-state index in [9.17, 15) is 5.11 Å². The zero-order valence-corrected chi connectivity index (χ0v) is 11.0. The van der Waals surface area contributed by atoms with Gasteiger partial charge in [0.2, 0.25) is 0 Å². The number of pyridine rings is 1. The van der Waals surface area contributed by atoms with Gasteiger partial charge in [0.25, 0.3) is 0 Å². The fourth-order valence-electron chi connectivity index (χ4n) is 2.32. The number of anilines is 1. The lowest BCUT2D eigenvalue weighted by atomic mass is 10.2. The van der Waals surface area contributed by atoms with Crippen molar-refractivity contribution in [2.24, 2.45) is 11.8 Å². The Morgan fingerprint density at radius 1 is 1.22 bits per heavy atom. The fourth-order valence-corrected chi connectivity index (χ4v) is 2.32. The van der Waals surface area contributed by atoms with Crippen LogP contribution in [0.15, 0.2) is 18.3 Å². The Bertz CT molecular complexity index is 379. The molecule has 0 amide bonds. The number of nitrogens with zero attached hydrogens (tertiary/aromatic N) is 2. The molecule has 0 aromatic carbocycles. The van der Waals surface area contributed by atoms with E-state index in [4.69, 9.17) is 0 Å².